The van der Waals surface area contributed by atoms with Crippen LogP contribution in [0, 0.1) is 5.41 Å². The molecule has 1 aliphatic rings. The second-order valence-corrected chi connectivity index (χ2v) is 4.22. The average Bonchev–Trinajstić information content (AvgIpc) is 2.10. The van der Waals surface area contributed by atoms with E-state index in [4.69, 9.17) is 0 Å². The zero-order valence-electron chi connectivity index (χ0n) is 8.67. The maximum Gasteiger partial charge on any atom is 0.324 e. The molecule has 0 saturated carbocycles. The second-order valence-electron chi connectivity index (χ2n) is 4.22. The molecule has 0 radical (unpaired) electrons. The molecule has 1 saturated heterocycles. The third kappa shape index (κ3) is 2.58. The maximum absolute atomic E-state index is 11.4. The molecule has 14 heavy (non-hydrogen) atoms. The molecular weight excluding hydrogens is 180 g/mol. The summed E-state index contributed by atoms with van der Waals surface area (Å²) in [6.45, 7) is 8.81. The van der Waals surface area contributed by atoms with E-state index in [2.05, 4.69) is 11.9 Å². The number of nitrogens with zero attached hydrogens (tertiary/aromatic N) is 1. The number of nitrogens with one attached hydrogen (secondary N) is 1. The Labute approximate surface area is 84.0 Å². The Morgan fingerprint density at radius 3 is 2.71 bits per heavy atom. The van der Waals surface area contributed by atoms with Gasteiger partial charge in [0.1, 0.15) is 0 Å². The van der Waals surface area contributed by atoms with Crippen molar-refractivity contribution in [3.05, 3.63) is 12.7 Å². The van der Waals surface area contributed by atoms with Gasteiger partial charge in [-0.3, -0.25) is 10.1 Å². The summed E-state index contributed by atoms with van der Waals surface area (Å²) in [4.78, 5) is 23.9. The number of urea groups is 1. The number of hydrogen-bond acceptors (Lipinski definition) is 2. The summed E-state index contributed by atoms with van der Waals surface area (Å²) in [7, 11) is 0. The van der Waals surface area contributed by atoms with Crippen LogP contribution in [-0.4, -0.2) is 29.9 Å². The number of hydrogen-bond donors (Lipinski definition) is 1. The molecule has 1 N–H and O–H groups in total. The minimum atomic E-state index is -0.295. The molecule has 78 valence electrons. The fraction of sp³-hybridized carbons (Fsp3) is 0.600. The number of imide groups is 1. The predicted molar refractivity (Wildman–Crippen MR) is 53.7 cm³/mol. The Morgan fingerprint density at radius 1 is 1.57 bits per heavy atom. The summed E-state index contributed by atoms with van der Waals surface area (Å²) in [6.07, 6.45) is 2.20. The highest BCUT2D eigenvalue weighted by molar-refractivity contribution is 5.96. The molecule has 4 heteroatoms. The second kappa shape index (κ2) is 3.82. The zero-order chi connectivity index (χ0) is 10.8. The first kappa shape index (κ1) is 10.8. The largest absolute Gasteiger partial charge is 0.324 e. The van der Waals surface area contributed by atoms with Crippen molar-refractivity contribution in [3.8, 4) is 0 Å². The summed E-state index contributed by atoms with van der Waals surface area (Å²) in [5, 5.41) is 2.29. The molecular formula is C10H16N2O2. The van der Waals surface area contributed by atoms with Crippen LogP contribution >= 0.6 is 0 Å². The lowest BCUT2D eigenvalue weighted by Gasteiger charge is -2.32. The normalized spacial score (nSPS) is 18.0. The summed E-state index contributed by atoms with van der Waals surface area (Å²) in [5.74, 6) is -0.192. The van der Waals surface area contributed by atoms with Gasteiger partial charge >= 0.3 is 6.03 Å². The first-order valence-corrected chi connectivity index (χ1v) is 4.67. The molecule has 1 rings (SSSR count). The first-order valence-electron chi connectivity index (χ1n) is 4.67. The van der Waals surface area contributed by atoms with Gasteiger partial charge in [0.2, 0.25) is 5.91 Å². The highest BCUT2D eigenvalue weighted by Crippen LogP contribution is 2.19. The maximum atomic E-state index is 11.4. The number of carbonyl (C=O) groups is 2. The summed E-state index contributed by atoms with van der Waals surface area (Å²) in [5.41, 5.74) is -0.113. The molecule has 3 amide bonds. The molecule has 0 atom stereocenters. The Balaban J connectivity index is 2.58. The Hall–Kier alpha value is -1.32. The zero-order valence-corrected chi connectivity index (χ0v) is 8.67. The van der Waals surface area contributed by atoms with E-state index in [1.54, 1.807) is 4.90 Å². The van der Waals surface area contributed by atoms with Crippen molar-refractivity contribution in [2.24, 2.45) is 5.41 Å². The Bertz CT molecular complexity index is 271. The Kier molecular flexibility index (Phi) is 2.93. The number of amides is 3. The van der Waals surface area contributed by atoms with Gasteiger partial charge in [-0.15, -0.1) is 6.58 Å². The lowest BCUT2D eigenvalue weighted by Crippen LogP contribution is -2.51. The van der Waals surface area contributed by atoms with Gasteiger partial charge in [-0.2, -0.15) is 0 Å². The van der Waals surface area contributed by atoms with Crippen LogP contribution in [0.5, 0.6) is 0 Å². The van der Waals surface area contributed by atoms with Gasteiger partial charge in [0, 0.05) is 19.5 Å². The number of rotatable bonds is 3. The van der Waals surface area contributed by atoms with Gasteiger partial charge in [0.15, 0.2) is 0 Å². The molecule has 1 fully saturated rings. The molecule has 0 spiro atoms. The highest BCUT2D eigenvalue weighted by atomic mass is 16.2. The van der Waals surface area contributed by atoms with Gasteiger partial charge in [0.05, 0.1) is 0 Å². The van der Waals surface area contributed by atoms with Crippen LogP contribution in [-0.2, 0) is 4.79 Å². The van der Waals surface area contributed by atoms with E-state index in [-0.39, 0.29) is 17.4 Å². The summed E-state index contributed by atoms with van der Waals surface area (Å²) in [6, 6.07) is -0.295. The van der Waals surface area contributed by atoms with E-state index >= 15 is 0 Å². The SMILES string of the molecule is C=CC(C)(C)CN1CCC(=O)NC1=O. The third-order valence-electron chi connectivity index (χ3n) is 2.29. The summed E-state index contributed by atoms with van der Waals surface area (Å²) < 4.78 is 0. The fourth-order valence-corrected chi connectivity index (χ4v) is 1.31. The van der Waals surface area contributed by atoms with E-state index < -0.39 is 0 Å². The van der Waals surface area contributed by atoms with Crippen molar-refractivity contribution in [1.29, 1.82) is 0 Å². The minimum Gasteiger partial charge on any atom is -0.323 e. The minimum absolute atomic E-state index is 0.113. The Morgan fingerprint density at radius 2 is 2.21 bits per heavy atom. The molecule has 0 aromatic heterocycles. The van der Waals surface area contributed by atoms with Gasteiger partial charge in [-0.05, 0) is 5.41 Å². The van der Waals surface area contributed by atoms with Crippen molar-refractivity contribution in [2.45, 2.75) is 20.3 Å². The lowest BCUT2D eigenvalue weighted by molar-refractivity contribution is -0.121. The first-order chi connectivity index (χ1) is 6.44. The topological polar surface area (TPSA) is 49.4 Å². The molecule has 1 heterocycles. The lowest BCUT2D eigenvalue weighted by atomic mass is 9.93. The van der Waals surface area contributed by atoms with Crippen molar-refractivity contribution in [3.63, 3.8) is 0 Å². The van der Waals surface area contributed by atoms with Gasteiger partial charge in [-0.1, -0.05) is 19.9 Å². The monoisotopic (exact) mass is 196 g/mol. The fourth-order valence-electron chi connectivity index (χ4n) is 1.31. The third-order valence-corrected chi connectivity index (χ3v) is 2.29. The number of carbonyl (C=O) groups excluding carboxylic acids is 2. The van der Waals surface area contributed by atoms with Gasteiger partial charge < -0.3 is 4.90 Å². The van der Waals surface area contributed by atoms with Gasteiger partial charge in [-0.25, -0.2) is 4.79 Å². The van der Waals surface area contributed by atoms with Crippen LogP contribution in [0.15, 0.2) is 12.7 Å². The standard InChI is InChI=1S/C10H16N2O2/c1-4-10(2,3)7-12-6-5-8(13)11-9(12)14/h4H,1,5-7H2,2-3H3,(H,11,13,14). The van der Waals surface area contributed by atoms with E-state index in [1.165, 1.54) is 0 Å². The smallest absolute Gasteiger partial charge is 0.323 e. The quantitative estimate of drug-likeness (QED) is 0.688. The molecule has 0 aromatic carbocycles. The van der Waals surface area contributed by atoms with Crippen molar-refractivity contribution >= 4 is 11.9 Å². The van der Waals surface area contributed by atoms with Crippen molar-refractivity contribution in [2.75, 3.05) is 13.1 Å². The van der Waals surface area contributed by atoms with E-state index in [0.717, 1.165) is 0 Å². The molecule has 0 unspecified atom stereocenters. The predicted octanol–water partition coefficient (Wildman–Crippen LogP) is 1.14. The molecule has 0 bridgehead atoms. The molecule has 0 aliphatic carbocycles. The van der Waals surface area contributed by atoms with E-state index in [9.17, 15) is 9.59 Å². The van der Waals surface area contributed by atoms with Crippen LogP contribution in [0.4, 0.5) is 4.79 Å². The summed E-state index contributed by atoms with van der Waals surface area (Å²) >= 11 is 0. The van der Waals surface area contributed by atoms with E-state index in [0.29, 0.717) is 19.5 Å². The molecule has 0 aromatic rings. The molecule has 1 aliphatic heterocycles. The average molecular weight is 196 g/mol. The van der Waals surface area contributed by atoms with Crippen LogP contribution < -0.4 is 5.32 Å². The highest BCUT2D eigenvalue weighted by Gasteiger charge is 2.27. The molecule has 4 nitrogen and oxygen atoms in total. The van der Waals surface area contributed by atoms with Crippen molar-refractivity contribution < 1.29 is 9.59 Å². The van der Waals surface area contributed by atoms with Crippen molar-refractivity contribution in [1.82, 2.24) is 10.2 Å². The van der Waals surface area contributed by atoms with Crippen LogP contribution in [0.2, 0.25) is 0 Å². The van der Waals surface area contributed by atoms with Crippen LogP contribution in [0.3, 0.4) is 0 Å². The van der Waals surface area contributed by atoms with Crippen LogP contribution in [0.25, 0.3) is 0 Å². The van der Waals surface area contributed by atoms with Crippen LogP contribution in [0.1, 0.15) is 20.3 Å². The van der Waals surface area contributed by atoms with Gasteiger partial charge in [0.25, 0.3) is 0 Å². The van der Waals surface area contributed by atoms with E-state index in [1.807, 2.05) is 19.9 Å².